The average molecular weight is 189 g/mol. The third-order valence-electron chi connectivity index (χ3n) is 1.99. The summed E-state index contributed by atoms with van der Waals surface area (Å²) in [7, 11) is 1.36. The predicted molar refractivity (Wildman–Crippen MR) is 48.6 cm³/mol. The van der Waals surface area contributed by atoms with E-state index < -0.39 is 11.6 Å². The first-order chi connectivity index (χ1) is 6.74. The Bertz CT molecular complexity index is 448. The van der Waals surface area contributed by atoms with Gasteiger partial charge in [-0.3, -0.25) is 14.6 Å². The van der Waals surface area contributed by atoms with Crippen molar-refractivity contribution >= 4 is 17.6 Å². The molecule has 0 fully saturated rings. The number of hydrogen-bond donors (Lipinski definition) is 0. The van der Waals surface area contributed by atoms with Crippen LogP contribution in [0.25, 0.3) is 6.08 Å². The Labute approximate surface area is 80.2 Å². The number of rotatable bonds is 1. The van der Waals surface area contributed by atoms with E-state index in [2.05, 4.69) is 4.98 Å². The molecule has 0 amide bonds. The molecule has 1 aromatic heterocycles. The number of carbonyl (C=O) groups excluding carboxylic acids is 2. The van der Waals surface area contributed by atoms with Crippen molar-refractivity contribution in [3.63, 3.8) is 0 Å². The van der Waals surface area contributed by atoms with Gasteiger partial charge >= 0.3 is 0 Å². The number of carbonyl (C=O) groups is 2. The summed E-state index contributed by atoms with van der Waals surface area (Å²) in [6.07, 6.45) is 3.00. The summed E-state index contributed by atoms with van der Waals surface area (Å²) in [5.74, 6) is -1.19. The van der Waals surface area contributed by atoms with Crippen LogP contribution in [-0.2, 0) is 9.53 Å². The molecule has 1 heterocycles. The Morgan fingerprint density at radius 3 is 2.79 bits per heavy atom. The fourth-order valence-electron chi connectivity index (χ4n) is 1.30. The van der Waals surface area contributed by atoms with Crippen LogP contribution < -0.4 is 0 Å². The van der Waals surface area contributed by atoms with E-state index in [1.165, 1.54) is 19.4 Å². The molecule has 0 atom stereocenters. The number of methoxy groups -OCH3 is 1. The Morgan fingerprint density at radius 2 is 2.07 bits per heavy atom. The van der Waals surface area contributed by atoms with Crippen LogP contribution in [0.5, 0.6) is 0 Å². The number of fused-ring (bicyclic) bond motifs is 1. The minimum Gasteiger partial charge on any atom is -0.492 e. The van der Waals surface area contributed by atoms with Crippen molar-refractivity contribution in [2.24, 2.45) is 0 Å². The topological polar surface area (TPSA) is 56.3 Å². The zero-order valence-electron chi connectivity index (χ0n) is 7.48. The van der Waals surface area contributed by atoms with Crippen LogP contribution in [0, 0.1) is 0 Å². The standard InChI is InChI=1S/C10H7NO3/c1-14-7-5-6-3-2-4-11-8(6)10(13)9(7)12/h2-5H,1H3. The molecule has 0 bridgehead atoms. The van der Waals surface area contributed by atoms with Gasteiger partial charge in [0.1, 0.15) is 5.69 Å². The molecule has 0 saturated heterocycles. The Morgan fingerprint density at radius 1 is 1.29 bits per heavy atom. The third kappa shape index (κ3) is 1.12. The highest BCUT2D eigenvalue weighted by atomic mass is 16.5. The minimum absolute atomic E-state index is 0.0653. The van der Waals surface area contributed by atoms with Crippen molar-refractivity contribution in [2.75, 3.05) is 7.11 Å². The van der Waals surface area contributed by atoms with E-state index in [1.54, 1.807) is 12.1 Å². The van der Waals surface area contributed by atoms with E-state index in [0.717, 1.165) is 0 Å². The van der Waals surface area contributed by atoms with Crippen LogP contribution in [0.15, 0.2) is 24.1 Å². The van der Waals surface area contributed by atoms with E-state index in [-0.39, 0.29) is 11.5 Å². The first kappa shape index (κ1) is 8.62. The van der Waals surface area contributed by atoms with Gasteiger partial charge in [0, 0.05) is 11.8 Å². The van der Waals surface area contributed by atoms with Gasteiger partial charge in [-0.2, -0.15) is 0 Å². The number of aromatic nitrogens is 1. The second kappa shape index (κ2) is 3.06. The van der Waals surface area contributed by atoms with E-state index in [9.17, 15) is 9.59 Å². The molecule has 0 spiro atoms. The lowest BCUT2D eigenvalue weighted by atomic mass is 9.99. The Balaban J connectivity index is 2.63. The molecule has 4 heteroatoms. The first-order valence-corrected chi connectivity index (χ1v) is 4.04. The molecule has 0 radical (unpaired) electrons. The molecule has 2 rings (SSSR count). The summed E-state index contributed by atoms with van der Waals surface area (Å²) in [5.41, 5.74) is 0.812. The fraction of sp³-hybridized carbons (Fsp3) is 0.100. The number of allylic oxidation sites excluding steroid dienone is 1. The molecule has 1 aliphatic carbocycles. The van der Waals surface area contributed by atoms with E-state index >= 15 is 0 Å². The summed E-state index contributed by atoms with van der Waals surface area (Å²) in [5, 5.41) is 0. The zero-order valence-corrected chi connectivity index (χ0v) is 7.48. The maximum Gasteiger partial charge on any atom is 0.269 e. The lowest BCUT2D eigenvalue weighted by molar-refractivity contribution is -0.114. The van der Waals surface area contributed by atoms with Gasteiger partial charge in [-0.05, 0) is 12.1 Å². The number of Topliss-reactive ketones (excluding diaryl/α,β-unsaturated/α-hetero) is 2. The van der Waals surface area contributed by atoms with Crippen molar-refractivity contribution < 1.29 is 14.3 Å². The van der Waals surface area contributed by atoms with E-state index in [1.807, 2.05) is 0 Å². The monoisotopic (exact) mass is 189 g/mol. The van der Waals surface area contributed by atoms with Crippen molar-refractivity contribution in [3.05, 3.63) is 35.3 Å². The predicted octanol–water partition coefficient (Wildman–Crippen LogP) is 0.834. The SMILES string of the molecule is COC1=Cc2cccnc2C(=O)C1=O. The van der Waals surface area contributed by atoms with E-state index in [0.29, 0.717) is 5.56 Å². The molecule has 1 aromatic rings. The minimum atomic E-state index is -0.640. The maximum absolute atomic E-state index is 11.5. The fourth-order valence-corrected chi connectivity index (χ4v) is 1.30. The molecule has 4 nitrogen and oxygen atoms in total. The van der Waals surface area contributed by atoms with Crippen LogP contribution in [0.3, 0.4) is 0 Å². The van der Waals surface area contributed by atoms with Gasteiger partial charge < -0.3 is 4.74 Å². The van der Waals surface area contributed by atoms with E-state index in [4.69, 9.17) is 4.74 Å². The highest BCUT2D eigenvalue weighted by Crippen LogP contribution is 2.19. The van der Waals surface area contributed by atoms with Crippen molar-refractivity contribution in [1.29, 1.82) is 0 Å². The third-order valence-corrected chi connectivity index (χ3v) is 1.99. The molecular formula is C10H7NO3. The lowest BCUT2D eigenvalue weighted by Gasteiger charge is -2.11. The summed E-state index contributed by atoms with van der Waals surface area (Å²) in [6, 6.07) is 3.41. The lowest BCUT2D eigenvalue weighted by Crippen LogP contribution is -2.23. The van der Waals surface area contributed by atoms with Crippen molar-refractivity contribution in [2.45, 2.75) is 0 Å². The number of ether oxygens (including phenoxy) is 1. The number of pyridine rings is 1. The molecule has 14 heavy (non-hydrogen) atoms. The number of ketones is 2. The molecular weight excluding hydrogens is 182 g/mol. The highest BCUT2D eigenvalue weighted by Gasteiger charge is 2.29. The van der Waals surface area contributed by atoms with Gasteiger partial charge in [-0.1, -0.05) is 6.07 Å². The van der Waals surface area contributed by atoms with Crippen molar-refractivity contribution in [1.82, 2.24) is 4.98 Å². The molecule has 0 aromatic carbocycles. The highest BCUT2D eigenvalue weighted by molar-refractivity contribution is 6.50. The van der Waals surface area contributed by atoms with Crippen LogP contribution in [0.4, 0.5) is 0 Å². The molecule has 0 aliphatic heterocycles. The molecule has 0 N–H and O–H groups in total. The Kier molecular flexibility index (Phi) is 1.89. The molecule has 70 valence electrons. The second-order valence-electron chi connectivity index (χ2n) is 2.81. The van der Waals surface area contributed by atoms with Gasteiger partial charge in [0.2, 0.25) is 0 Å². The average Bonchev–Trinajstić information content (AvgIpc) is 2.23. The number of hydrogen-bond acceptors (Lipinski definition) is 4. The number of nitrogens with zero attached hydrogens (tertiary/aromatic N) is 1. The molecule has 0 unspecified atom stereocenters. The van der Waals surface area contributed by atoms with Gasteiger partial charge in [0.05, 0.1) is 7.11 Å². The van der Waals surface area contributed by atoms with Gasteiger partial charge in [-0.25, -0.2) is 0 Å². The van der Waals surface area contributed by atoms with Crippen LogP contribution in [0.2, 0.25) is 0 Å². The quantitative estimate of drug-likeness (QED) is 0.614. The van der Waals surface area contributed by atoms with Crippen LogP contribution in [-0.4, -0.2) is 23.7 Å². The van der Waals surface area contributed by atoms with Gasteiger partial charge in [0.25, 0.3) is 11.6 Å². The summed E-state index contributed by atoms with van der Waals surface area (Å²) < 4.78 is 4.79. The largest absolute Gasteiger partial charge is 0.492 e. The summed E-state index contributed by atoms with van der Waals surface area (Å²) in [6.45, 7) is 0. The second-order valence-corrected chi connectivity index (χ2v) is 2.81. The zero-order chi connectivity index (χ0) is 10.1. The normalized spacial score (nSPS) is 14.8. The van der Waals surface area contributed by atoms with Gasteiger partial charge in [-0.15, -0.1) is 0 Å². The Hall–Kier alpha value is -1.97. The van der Waals surface area contributed by atoms with Gasteiger partial charge in [0.15, 0.2) is 5.76 Å². The molecule has 1 aliphatic rings. The molecule has 0 saturated carbocycles. The summed E-state index contributed by atoms with van der Waals surface area (Å²) >= 11 is 0. The summed E-state index contributed by atoms with van der Waals surface area (Å²) in [4.78, 5) is 26.6. The smallest absolute Gasteiger partial charge is 0.269 e. The van der Waals surface area contributed by atoms with Crippen LogP contribution in [0.1, 0.15) is 16.1 Å². The maximum atomic E-state index is 11.5. The first-order valence-electron chi connectivity index (χ1n) is 4.04. The van der Waals surface area contributed by atoms with Crippen molar-refractivity contribution in [3.8, 4) is 0 Å². The van der Waals surface area contributed by atoms with Crippen LogP contribution >= 0.6 is 0 Å².